The molecule has 3 heterocycles. The molecule has 0 unspecified atom stereocenters. The van der Waals surface area contributed by atoms with Crippen LogP contribution in [0, 0.1) is 0 Å². The van der Waals surface area contributed by atoms with Crippen molar-refractivity contribution in [3.8, 4) is 0 Å². The van der Waals surface area contributed by atoms with E-state index in [-0.39, 0.29) is 11.8 Å². The van der Waals surface area contributed by atoms with Gasteiger partial charge in [-0.1, -0.05) is 15.9 Å². The summed E-state index contributed by atoms with van der Waals surface area (Å²) in [6.07, 6.45) is 3.17. The van der Waals surface area contributed by atoms with Gasteiger partial charge in [-0.25, -0.2) is 0 Å². The van der Waals surface area contributed by atoms with Crippen LogP contribution < -0.4 is 5.32 Å². The quantitative estimate of drug-likeness (QED) is 0.438. The number of carbonyl (C=O) groups excluding carboxylic acids is 2. The van der Waals surface area contributed by atoms with Gasteiger partial charge < -0.3 is 15.2 Å². The van der Waals surface area contributed by atoms with Crippen LogP contribution in [-0.2, 0) is 4.79 Å². The zero-order valence-corrected chi connectivity index (χ0v) is 17.0. The molecule has 0 radical (unpaired) electrons. The van der Waals surface area contributed by atoms with Crippen molar-refractivity contribution in [2.75, 3.05) is 11.9 Å². The van der Waals surface area contributed by atoms with Crippen LogP contribution in [0.4, 0.5) is 5.69 Å². The number of aromatic nitrogens is 3. The summed E-state index contributed by atoms with van der Waals surface area (Å²) in [5.74, 6) is -0.321. The Morgan fingerprint density at radius 3 is 2.86 bits per heavy atom. The molecule has 0 saturated carbocycles. The lowest BCUT2D eigenvalue weighted by Gasteiger charge is -2.23. The Hall–Kier alpha value is -3.13. The van der Waals surface area contributed by atoms with E-state index in [1.807, 2.05) is 42.5 Å². The monoisotopic (exact) mass is 451 g/mol. The number of nitrogens with zero attached hydrogens (tertiary/aromatic N) is 2. The molecule has 4 aromatic rings. The van der Waals surface area contributed by atoms with Gasteiger partial charge in [-0.15, -0.1) is 0 Å². The number of aromatic amines is 2. The second-order valence-corrected chi connectivity index (χ2v) is 8.15. The Bertz CT molecular complexity index is 1240. The van der Waals surface area contributed by atoms with E-state index < -0.39 is 6.04 Å². The lowest BCUT2D eigenvalue weighted by Crippen LogP contribution is -2.43. The van der Waals surface area contributed by atoms with Gasteiger partial charge in [0.1, 0.15) is 11.7 Å². The van der Waals surface area contributed by atoms with Crippen molar-refractivity contribution in [2.45, 2.75) is 18.9 Å². The van der Waals surface area contributed by atoms with Gasteiger partial charge in [0, 0.05) is 33.0 Å². The van der Waals surface area contributed by atoms with Gasteiger partial charge in [0.25, 0.3) is 5.91 Å². The lowest BCUT2D eigenvalue weighted by molar-refractivity contribution is -0.119. The molecule has 0 bridgehead atoms. The summed E-state index contributed by atoms with van der Waals surface area (Å²) < 4.78 is 0.955. The first-order chi connectivity index (χ1) is 14.1. The maximum Gasteiger partial charge on any atom is 0.270 e. The summed E-state index contributed by atoms with van der Waals surface area (Å²) in [7, 11) is 0. The smallest absolute Gasteiger partial charge is 0.270 e. The molecule has 3 N–H and O–H groups in total. The summed E-state index contributed by atoms with van der Waals surface area (Å²) in [5, 5.41) is 11.7. The summed E-state index contributed by atoms with van der Waals surface area (Å²) in [5.41, 5.74) is 2.99. The third kappa shape index (κ3) is 3.29. The maximum absolute atomic E-state index is 13.1. The maximum atomic E-state index is 13.1. The van der Waals surface area contributed by atoms with E-state index in [0.717, 1.165) is 32.7 Å². The number of anilines is 1. The van der Waals surface area contributed by atoms with E-state index >= 15 is 0 Å². The average Bonchev–Trinajstić information content (AvgIpc) is 3.45. The van der Waals surface area contributed by atoms with Crippen LogP contribution in [0.2, 0.25) is 0 Å². The highest BCUT2D eigenvalue weighted by Crippen LogP contribution is 2.25. The van der Waals surface area contributed by atoms with E-state index in [1.165, 1.54) is 0 Å². The highest BCUT2D eigenvalue weighted by Gasteiger charge is 2.35. The molecular formula is C21H18BrN5O2. The molecule has 0 spiro atoms. The topological polar surface area (TPSA) is 93.9 Å². The Labute approximate surface area is 174 Å². The highest BCUT2D eigenvalue weighted by molar-refractivity contribution is 9.10. The summed E-state index contributed by atoms with van der Waals surface area (Å²) >= 11 is 3.45. The molecule has 5 rings (SSSR count). The summed E-state index contributed by atoms with van der Waals surface area (Å²) in [4.78, 5) is 30.8. The Kier molecular flexibility index (Phi) is 4.35. The number of fused-ring (bicyclic) bond motifs is 2. The van der Waals surface area contributed by atoms with Crippen LogP contribution in [0.25, 0.3) is 21.8 Å². The van der Waals surface area contributed by atoms with Crippen LogP contribution in [0.15, 0.2) is 53.1 Å². The Morgan fingerprint density at radius 1 is 1.10 bits per heavy atom. The van der Waals surface area contributed by atoms with Gasteiger partial charge in [-0.2, -0.15) is 5.10 Å². The SMILES string of the molecule is O=C(Nc1ccc2[nH]ncc2c1)[C@@H]1CCCN1C(=O)c1cc2cc(Br)ccc2[nH]1. The third-order valence-electron chi connectivity index (χ3n) is 5.34. The largest absolute Gasteiger partial charge is 0.351 e. The van der Waals surface area contributed by atoms with Crippen molar-refractivity contribution in [1.82, 2.24) is 20.1 Å². The summed E-state index contributed by atoms with van der Waals surface area (Å²) in [6.45, 7) is 0.566. The number of hydrogen-bond donors (Lipinski definition) is 3. The second-order valence-electron chi connectivity index (χ2n) is 7.23. The molecule has 1 atom stereocenters. The van der Waals surface area contributed by atoms with Crippen LogP contribution in [0.1, 0.15) is 23.3 Å². The second kappa shape index (κ2) is 7.04. The van der Waals surface area contributed by atoms with E-state index in [9.17, 15) is 9.59 Å². The minimum absolute atomic E-state index is 0.153. The molecule has 1 fully saturated rings. The van der Waals surface area contributed by atoms with Gasteiger partial charge in [0.15, 0.2) is 0 Å². The molecule has 1 aliphatic rings. The number of likely N-dealkylation sites (tertiary alicyclic amines) is 1. The fraction of sp³-hybridized carbons (Fsp3) is 0.190. The minimum Gasteiger partial charge on any atom is -0.351 e. The normalized spacial score (nSPS) is 16.6. The molecule has 2 amide bonds. The molecule has 2 aromatic carbocycles. The number of amides is 2. The standard InChI is InChI=1S/C21H18BrN5O2/c22-14-3-5-16-12(8-14)10-18(25-16)21(29)27-7-1-2-19(27)20(28)24-15-4-6-17-13(9-15)11-23-26-17/h3-6,8-11,19,25H,1-2,7H2,(H,23,26)(H,24,28)/t19-/m0/s1. The molecule has 2 aromatic heterocycles. The molecule has 29 heavy (non-hydrogen) atoms. The first-order valence-electron chi connectivity index (χ1n) is 9.42. The fourth-order valence-corrected chi connectivity index (χ4v) is 4.28. The van der Waals surface area contributed by atoms with Crippen LogP contribution >= 0.6 is 15.9 Å². The van der Waals surface area contributed by atoms with Gasteiger partial charge in [-0.3, -0.25) is 14.7 Å². The molecule has 7 nitrogen and oxygen atoms in total. The number of nitrogens with one attached hydrogen (secondary N) is 3. The third-order valence-corrected chi connectivity index (χ3v) is 5.83. The highest BCUT2D eigenvalue weighted by atomic mass is 79.9. The van der Waals surface area contributed by atoms with Crippen molar-refractivity contribution >= 4 is 55.2 Å². The van der Waals surface area contributed by atoms with Gasteiger partial charge in [0.2, 0.25) is 5.91 Å². The van der Waals surface area contributed by atoms with Crippen LogP contribution in [0.5, 0.6) is 0 Å². The van der Waals surface area contributed by atoms with Crippen molar-refractivity contribution in [3.63, 3.8) is 0 Å². The number of H-pyrrole nitrogens is 2. The molecular weight excluding hydrogens is 434 g/mol. The lowest BCUT2D eigenvalue weighted by atomic mass is 10.1. The first-order valence-corrected chi connectivity index (χ1v) is 10.2. The Balaban J connectivity index is 1.36. The van der Waals surface area contributed by atoms with E-state index in [0.29, 0.717) is 24.3 Å². The number of hydrogen-bond acceptors (Lipinski definition) is 3. The van der Waals surface area contributed by atoms with Gasteiger partial charge >= 0.3 is 0 Å². The number of rotatable bonds is 3. The fourth-order valence-electron chi connectivity index (χ4n) is 3.90. The first kappa shape index (κ1) is 17.9. The van der Waals surface area contributed by atoms with E-state index in [1.54, 1.807) is 11.1 Å². The minimum atomic E-state index is -0.485. The number of benzene rings is 2. The van der Waals surface area contributed by atoms with Crippen LogP contribution in [-0.4, -0.2) is 44.5 Å². The predicted octanol–water partition coefficient (Wildman–Crippen LogP) is 4.05. The molecule has 146 valence electrons. The average molecular weight is 452 g/mol. The van der Waals surface area contributed by atoms with Crippen molar-refractivity contribution in [2.24, 2.45) is 0 Å². The molecule has 1 saturated heterocycles. The van der Waals surface area contributed by atoms with Crippen LogP contribution in [0.3, 0.4) is 0 Å². The zero-order chi connectivity index (χ0) is 20.0. The predicted molar refractivity (Wildman–Crippen MR) is 115 cm³/mol. The number of halogens is 1. The van der Waals surface area contributed by atoms with Crippen molar-refractivity contribution in [1.29, 1.82) is 0 Å². The molecule has 1 aliphatic heterocycles. The van der Waals surface area contributed by atoms with Gasteiger partial charge in [0.05, 0.1) is 11.7 Å². The van der Waals surface area contributed by atoms with Crippen molar-refractivity contribution < 1.29 is 9.59 Å². The van der Waals surface area contributed by atoms with E-state index in [4.69, 9.17) is 0 Å². The zero-order valence-electron chi connectivity index (χ0n) is 15.4. The number of carbonyl (C=O) groups is 2. The summed E-state index contributed by atoms with van der Waals surface area (Å²) in [6, 6.07) is 12.7. The van der Waals surface area contributed by atoms with E-state index in [2.05, 4.69) is 36.4 Å². The van der Waals surface area contributed by atoms with Crippen molar-refractivity contribution in [3.05, 3.63) is 58.8 Å². The molecule has 8 heteroatoms. The van der Waals surface area contributed by atoms with Gasteiger partial charge in [-0.05, 0) is 55.3 Å². The Morgan fingerprint density at radius 2 is 1.97 bits per heavy atom. The molecule has 0 aliphatic carbocycles.